The van der Waals surface area contributed by atoms with E-state index in [9.17, 15) is 24.9 Å². The number of rotatable bonds is 2. The molecule has 3 N–H and O–H groups in total. The summed E-state index contributed by atoms with van der Waals surface area (Å²) in [6.45, 7) is -0.0150. The Balaban J connectivity index is 2.29. The summed E-state index contributed by atoms with van der Waals surface area (Å²) < 4.78 is 4.60. The van der Waals surface area contributed by atoms with Gasteiger partial charge in [0.2, 0.25) is 0 Å². The smallest absolute Gasteiger partial charge is 0.328 e. The van der Waals surface area contributed by atoms with E-state index >= 15 is 0 Å². The van der Waals surface area contributed by atoms with Crippen LogP contribution in [-0.4, -0.2) is 57.9 Å². The van der Waals surface area contributed by atoms with Gasteiger partial charge in [0.25, 0.3) is 5.91 Å². The molecule has 1 saturated heterocycles. The fourth-order valence-corrected chi connectivity index (χ4v) is 2.25. The Kier molecular flexibility index (Phi) is 3.80. The number of esters is 1. The topological polar surface area (TPSA) is 107 Å². The van der Waals surface area contributed by atoms with Crippen LogP contribution in [0.5, 0.6) is 11.5 Å². The summed E-state index contributed by atoms with van der Waals surface area (Å²) >= 11 is 0. The third-order valence-electron chi connectivity index (χ3n) is 3.22. The van der Waals surface area contributed by atoms with Crippen molar-refractivity contribution in [3.8, 4) is 11.5 Å². The number of benzene rings is 1. The third-order valence-corrected chi connectivity index (χ3v) is 3.22. The molecule has 1 aromatic rings. The molecule has 1 amide bonds. The Labute approximate surface area is 115 Å². The van der Waals surface area contributed by atoms with E-state index in [1.54, 1.807) is 0 Å². The van der Waals surface area contributed by atoms with Crippen molar-refractivity contribution in [1.29, 1.82) is 0 Å². The van der Waals surface area contributed by atoms with Gasteiger partial charge in [0.05, 0.1) is 18.8 Å². The first kappa shape index (κ1) is 14.1. The second-order valence-electron chi connectivity index (χ2n) is 4.59. The van der Waals surface area contributed by atoms with Crippen LogP contribution in [0.15, 0.2) is 18.2 Å². The van der Waals surface area contributed by atoms with Crippen molar-refractivity contribution in [2.45, 2.75) is 18.6 Å². The van der Waals surface area contributed by atoms with Crippen molar-refractivity contribution in [3.63, 3.8) is 0 Å². The van der Waals surface area contributed by atoms with Gasteiger partial charge in [-0.3, -0.25) is 4.79 Å². The lowest BCUT2D eigenvalue weighted by molar-refractivity contribution is -0.145. The Bertz CT molecular complexity index is 544. The molecule has 1 aliphatic rings. The van der Waals surface area contributed by atoms with Gasteiger partial charge in [0, 0.05) is 19.0 Å². The summed E-state index contributed by atoms with van der Waals surface area (Å²) in [4.78, 5) is 25.1. The van der Waals surface area contributed by atoms with Gasteiger partial charge in [-0.2, -0.15) is 0 Å². The van der Waals surface area contributed by atoms with Crippen LogP contribution in [-0.2, 0) is 9.53 Å². The number of methoxy groups -OCH3 is 1. The van der Waals surface area contributed by atoms with Crippen LogP contribution in [0.3, 0.4) is 0 Å². The maximum Gasteiger partial charge on any atom is 0.328 e. The second kappa shape index (κ2) is 5.38. The molecule has 0 radical (unpaired) electrons. The van der Waals surface area contributed by atoms with Gasteiger partial charge in [0.15, 0.2) is 0 Å². The number of phenols is 2. The minimum atomic E-state index is -0.879. The standard InChI is InChI=1S/C13H15NO6/c1-20-13(19)10-4-8(16)6-14(10)12(18)9-3-2-7(15)5-11(9)17/h2-3,5,8,10,15-17H,4,6H2,1H3. The first-order chi connectivity index (χ1) is 9.43. The highest BCUT2D eigenvalue weighted by atomic mass is 16.5. The molecule has 0 aliphatic carbocycles. The summed E-state index contributed by atoms with van der Waals surface area (Å²) in [5, 5.41) is 28.5. The van der Waals surface area contributed by atoms with Crippen molar-refractivity contribution >= 4 is 11.9 Å². The number of likely N-dealkylation sites (tertiary alicyclic amines) is 1. The number of aliphatic hydroxyl groups is 1. The second-order valence-corrected chi connectivity index (χ2v) is 4.59. The minimum absolute atomic E-state index is 0.0150. The number of hydrogen-bond acceptors (Lipinski definition) is 6. The number of aliphatic hydroxyl groups excluding tert-OH is 1. The summed E-state index contributed by atoms with van der Waals surface area (Å²) in [5.74, 6) is -1.78. The highest BCUT2D eigenvalue weighted by Gasteiger charge is 2.40. The van der Waals surface area contributed by atoms with Gasteiger partial charge in [0.1, 0.15) is 17.5 Å². The third kappa shape index (κ3) is 2.53. The zero-order valence-corrected chi connectivity index (χ0v) is 10.8. The molecular weight excluding hydrogens is 266 g/mol. The van der Waals surface area contributed by atoms with Crippen LogP contribution >= 0.6 is 0 Å². The van der Waals surface area contributed by atoms with E-state index in [1.165, 1.54) is 19.2 Å². The molecule has 1 heterocycles. The van der Waals surface area contributed by atoms with E-state index < -0.39 is 24.0 Å². The molecule has 7 heteroatoms. The van der Waals surface area contributed by atoms with Gasteiger partial charge in [-0.1, -0.05) is 0 Å². The zero-order chi connectivity index (χ0) is 14.9. The van der Waals surface area contributed by atoms with E-state index in [1.807, 2.05) is 0 Å². The highest BCUT2D eigenvalue weighted by Crippen LogP contribution is 2.27. The summed E-state index contributed by atoms with van der Waals surface area (Å²) in [6.07, 6.45) is -0.723. The maximum absolute atomic E-state index is 12.3. The Morgan fingerprint density at radius 1 is 1.35 bits per heavy atom. The predicted octanol–water partition coefficient (Wildman–Crippen LogP) is -0.154. The molecule has 1 fully saturated rings. The van der Waals surface area contributed by atoms with E-state index in [0.29, 0.717) is 0 Å². The van der Waals surface area contributed by atoms with Crippen LogP contribution in [0.25, 0.3) is 0 Å². The lowest BCUT2D eigenvalue weighted by Crippen LogP contribution is -2.41. The molecule has 2 rings (SSSR count). The van der Waals surface area contributed by atoms with Crippen molar-refractivity contribution in [2.75, 3.05) is 13.7 Å². The quantitative estimate of drug-likeness (QED) is 0.651. The minimum Gasteiger partial charge on any atom is -0.508 e. The average Bonchev–Trinajstić information content (AvgIpc) is 2.79. The number of amides is 1. The van der Waals surface area contributed by atoms with E-state index in [4.69, 9.17) is 0 Å². The highest BCUT2D eigenvalue weighted by molar-refractivity contribution is 5.99. The molecule has 1 aromatic carbocycles. The van der Waals surface area contributed by atoms with Crippen LogP contribution in [0.1, 0.15) is 16.8 Å². The Morgan fingerprint density at radius 3 is 2.65 bits per heavy atom. The lowest BCUT2D eigenvalue weighted by atomic mass is 10.1. The maximum atomic E-state index is 12.3. The summed E-state index contributed by atoms with van der Waals surface area (Å²) in [6, 6.07) is 2.67. The number of carbonyl (C=O) groups is 2. The number of phenolic OH excluding ortho intramolecular Hbond substituents is 2. The van der Waals surface area contributed by atoms with Crippen molar-refractivity contribution in [2.24, 2.45) is 0 Å². The van der Waals surface area contributed by atoms with Crippen molar-refractivity contribution < 1.29 is 29.6 Å². The first-order valence-electron chi connectivity index (χ1n) is 6.03. The molecule has 0 saturated carbocycles. The van der Waals surface area contributed by atoms with Crippen LogP contribution in [0.2, 0.25) is 0 Å². The van der Waals surface area contributed by atoms with Gasteiger partial charge in [-0.05, 0) is 12.1 Å². The van der Waals surface area contributed by atoms with Gasteiger partial charge in [-0.15, -0.1) is 0 Å². The van der Waals surface area contributed by atoms with E-state index in [2.05, 4.69) is 4.74 Å². The van der Waals surface area contributed by atoms with Gasteiger partial charge < -0.3 is 25.0 Å². The number of aromatic hydroxyl groups is 2. The van der Waals surface area contributed by atoms with Gasteiger partial charge >= 0.3 is 5.97 Å². The van der Waals surface area contributed by atoms with Crippen LogP contribution in [0, 0.1) is 0 Å². The number of β-amino-alcohol motifs (C(OH)–C–C–N with tert-alkyl or cyclic N) is 1. The fourth-order valence-electron chi connectivity index (χ4n) is 2.25. The molecule has 0 spiro atoms. The number of ether oxygens (including phenoxy) is 1. The average molecular weight is 281 g/mol. The predicted molar refractivity (Wildman–Crippen MR) is 67.2 cm³/mol. The first-order valence-corrected chi connectivity index (χ1v) is 6.03. The van der Waals surface area contributed by atoms with E-state index in [0.717, 1.165) is 11.0 Å². The normalized spacial score (nSPS) is 21.8. The SMILES string of the molecule is COC(=O)C1CC(O)CN1C(=O)c1ccc(O)cc1O. The van der Waals surface area contributed by atoms with Crippen molar-refractivity contribution in [1.82, 2.24) is 4.90 Å². The molecule has 0 bridgehead atoms. The van der Waals surface area contributed by atoms with Crippen LogP contribution in [0.4, 0.5) is 0 Å². The van der Waals surface area contributed by atoms with Crippen molar-refractivity contribution in [3.05, 3.63) is 23.8 Å². The molecule has 7 nitrogen and oxygen atoms in total. The number of hydrogen-bond donors (Lipinski definition) is 3. The molecule has 108 valence electrons. The fraction of sp³-hybridized carbons (Fsp3) is 0.385. The number of nitrogens with zero attached hydrogens (tertiary/aromatic N) is 1. The molecule has 20 heavy (non-hydrogen) atoms. The Hall–Kier alpha value is -2.28. The number of carbonyl (C=O) groups excluding carboxylic acids is 2. The Morgan fingerprint density at radius 2 is 2.05 bits per heavy atom. The molecular formula is C13H15NO6. The van der Waals surface area contributed by atoms with Gasteiger partial charge in [-0.25, -0.2) is 4.79 Å². The van der Waals surface area contributed by atoms with E-state index in [-0.39, 0.29) is 30.0 Å². The molecule has 0 aromatic heterocycles. The molecule has 1 aliphatic heterocycles. The largest absolute Gasteiger partial charge is 0.508 e. The molecule has 2 atom stereocenters. The summed E-state index contributed by atoms with van der Waals surface area (Å²) in [7, 11) is 1.20. The lowest BCUT2D eigenvalue weighted by Gasteiger charge is -2.22. The van der Waals surface area contributed by atoms with Crippen LogP contribution < -0.4 is 0 Å². The zero-order valence-electron chi connectivity index (χ0n) is 10.8. The summed E-state index contributed by atoms with van der Waals surface area (Å²) in [5.41, 5.74) is -0.0502. The monoisotopic (exact) mass is 281 g/mol. The molecule has 2 unspecified atom stereocenters.